The first kappa shape index (κ1) is 14.9. The van der Waals surface area contributed by atoms with Gasteiger partial charge in [-0.15, -0.1) is 23.2 Å². The average molecular weight is 309 g/mol. The Balaban J connectivity index is 0.000000452. The Morgan fingerprint density at radius 1 is 0.950 bits per heavy atom. The quantitative estimate of drug-likeness (QED) is 0.621. The second kappa shape index (κ2) is 7.32. The van der Waals surface area contributed by atoms with Gasteiger partial charge >= 0.3 is 0 Å². The zero-order chi connectivity index (χ0) is 14.4. The lowest BCUT2D eigenvalue weighted by Gasteiger charge is -2.11. The number of alkyl halides is 2. The minimum absolute atomic E-state index is 0.174. The fourth-order valence-corrected chi connectivity index (χ4v) is 2.57. The second-order valence-electron chi connectivity index (χ2n) is 4.26. The van der Waals surface area contributed by atoms with Crippen molar-refractivity contribution in [3.8, 4) is 11.1 Å². The van der Waals surface area contributed by atoms with Crippen LogP contribution in [0.2, 0.25) is 0 Å². The molecule has 0 atom stereocenters. The molecule has 1 aliphatic carbocycles. The van der Waals surface area contributed by atoms with Gasteiger partial charge in [-0.25, -0.2) is 0 Å². The number of halogens is 2. The van der Waals surface area contributed by atoms with Gasteiger partial charge in [0.15, 0.2) is 0 Å². The third-order valence-electron chi connectivity index (χ3n) is 3.29. The molecule has 2 nitrogen and oxygen atoms in total. The molecule has 0 aromatic heterocycles. The summed E-state index contributed by atoms with van der Waals surface area (Å²) in [5.41, 5.74) is 5.00. The molecule has 3 rings (SSSR count). The van der Waals surface area contributed by atoms with Crippen molar-refractivity contribution in [2.24, 2.45) is 0 Å². The lowest BCUT2D eigenvalue weighted by molar-refractivity contribution is -0.128. The van der Waals surface area contributed by atoms with E-state index in [1.54, 1.807) is 0 Å². The molecule has 104 valence electrons. The monoisotopic (exact) mass is 308 g/mol. The predicted molar refractivity (Wildman–Crippen MR) is 82.3 cm³/mol. The van der Waals surface area contributed by atoms with E-state index in [1.165, 1.54) is 22.3 Å². The van der Waals surface area contributed by atoms with Gasteiger partial charge in [-0.3, -0.25) is 4.79 Å². The van der Waals surface area contributed by atoms with Crippen molar-refractivity contribution >= 4 is 29.7 Å². The Kier molecular flexibility index (Phi) is 5.45. The number of carbonyl (C=O) groups is 1. The van der Waals surface area contributed by atoms with Crippen LogP contribution in [0.3, 0.4) is 0 Å². The van der Waals surface area contributed by atoms with E-state index >= 15 is 0 Å². The van der Waals surface area contributed by atoms with E-state index in [2.05, 4.69) is 24.3 Å². The van der Waals surface area contributed by atoms with E-state index in [0.29, 0.717) is 13.1 Å². The molecule has 20 heavy (non-hydrogen) atoms. The summed E-state index contributed by atoms with van der Waals surface area (Å²) in [4.78, 5) is 10.4. The Morgan fingerprint density at radius 2 is 1.40 bits per heavy atom. The molecule has 0 bridgehead atoms. The average Bonchev–Trinajstić information content (AvgIpc) is 2.80. The van der Waals surface area contributed by atoms with Crippen LogP contribution >= 0.6 is 23.2 Å². The Bertz CT molecular complexity index is 539. The van der Waals surface area contributed by atoms with Gasteiger partial charge in [0, 0.05) is 5.92 Å². The normalized spacial score (nSPS) is 11.9. The molecule has 0 saturated heterocycles. The number of fused-ring (bicyclic) bond motifs is 3. The highest BCUT2D eigenvalue weighted by Gasteiger charge is 2.28. The Labute approximate surface area is 128 Å². The molecule has 1 aliphatic rings. The summed E-state index contributed by atoms with van der Waals surface area (Å²) >= 11 is 9.53. The molecule has 4 heteroatoms. The molecule has 0 saturated carbocycles. The van der Waals surface area contributed by atoms with Gasteiger partial charge in [0.05, 0.1) is 5.34 Å². The molecule has 0 radical (unpaired) electrons. The number of benzene rings is 2. The molecule has 0 fully saturated rings. The molecule has 0 N–H and O–H groups in total. The van der Waals surface area contributed by atoms with Crippen molar-refractivity contribution in [2.45, 2.75) is 5.92 Å². The van der Waals surface area contributed by atoms with E-state index in [4.69, 9.17) is 27.9 Å². The fraction of sp³-hybridized carbons (Fsp3) is 0.188. The van der Waals surface area contributed by atoms with Crippen molar-refractivity contribution in [3.05, 3.63) is 59.7 Å². The van der Waals surface area contributed by atoms with Gasteiger partial charge in [-0.1, -0.05) is 48.5 Å². The molecule has 0 unspecified atom stereocenters. The van der Waals surface area contributed by atoms with Crippen LogP contribution in [0.4, 0.5) is 0 Å². The maximum Gasteiger partial charge on any atom is 0.293 e. The zero-order valence-corrected chi connectivity index (χ0v) is 12.3. The SMILES string of the molecule is ClCCl.O=COCC1c2ccccc2-c2ccccc21. The molecule has 0 spiro atoms. The number of hydrogen-bond donors (Lipinski definition) is 0. The zero-order valence-electron chi connectivity index (χ0n) is 10.8. The number of ether oxygens (including phenoxy) is 1. The third-order valence-corrected chi connectivity index (χ3v) is 3.29. The van der Waals surface area contributed by atoms with E-state index in [1.807, 2.05) is 24.3 Å². The fourth-order valence-electron chi connectivity index (χ4n) is 2.57. The van der Waals surface area contributed by atoms with Crippen LogP contribution in [0.5, 0.6) is 0 Å². The van der Waals surface area contributed by atoms with Gasteiger partial charge < -0.3 is 4.74 Å². The topological polar surface area (TPSA) is 26.3 Å². The molecule has 2 aromatic carbocycles. The first-order valence-corrected chi connectivity index (χ1v) is 7.25. The lowest BCUT2D eigenvalue weighted by atomic mass is 9.98. The summed E-state index contributed by atoms with van der Waals surface area (Å²) in [5, 5.41) is 0.194. The smallest absolute Gasteiger partial charge is 0.293 e. The summed E-state index contributed by atoms with van der Waals surface area (Å²) in [6, 6.07) is 16.6. The summed E-state index contributed by atoms with van der Waals surface area (Å²) in [7, 11) is 0. The first-order valence-electron chi connectivity index (χ1n) is 6.18. The van der Waals surface area contributed by atoms with Crippen LogP contribution < -0.4 is 0 Å². The van der Waals surface area contributed by atoms with Crippen LogP contribution in [-0.2, 0) is 9.53 Å². The van der Waals surface area contributed by atoms with Crippen LogP contribution in [0.15, 0.2) is 48.5 Å². The highest BCUT2D eigenvalue weighted by atomic mass is 35.5. The second-order valence-corrected chi connectivity index (χ2v) is 5.07. The highest BCUT2D eigenvalue weighted by Crippen LogP contribution is 2.44. The maximum absolute atomic E-state index is 10.4. The van der Waals surface area contributed by atoms with Crippen LogP contribution in [0.1, 0.15) is 17.0 Å². The molecular formula is C16H14Cl2O2. The van der Waals surface area contributed by atoms with Crippen LogP contribution in [0.25, 0.3) is 11.1 Å². The van der Waals surface area contributed by atoms with Crippen molar-refractivity contribution in [1.29, 1.82) is 0 Å². The van der Waals surface area contributed by atoms with Crippen molar-refractivity contribution in [2.75, 3.05) is 11.9 Å². The molecule has 0 amide bonds. The molecule has 0 aliphatic heterocycles. The number of carbonyl (C=O) groups excluding carboxylic acids is 1. The number of hydrogen-bond acceptors (Lipinski definition) is 2. The van der Waals surface area contributed by atoms with E-state index < -0.39 is 0 Å². The van der Waals surface area contributed by atoms with Crippen LogP contribution in [0, 0.1) is 0 Å². The minimum atomic E-state index is 0.174. The van der Waals surface area contributed by atoms with Gasteiger partial charge in [0.2, 0.25) is 0 Å². The van der Waals surface area contributed by atoms with Crippen molar-refractivity contribution in [1.82, 2.24) is 0 Å². The lowest BCUT2D eigenvalue weighted by Crippen LogP contribution is -2.05. The van der Waals surface area contributed by atoms with E-state index in [9.17, 15) is 4.79 Å². The highest BCUT2D eigenvalue weighted by molar-refractivity contribution is 6.40. The number of rotatable bonds is 3. The van der Waals surface area contributed by atoms with E-state index in [-0.39, 0.29) is 11.3 Å². The molecule has 0 heterocycles. The van der Waals surface area contributed by atoms with Crippen LogP contribution in [-0.4, -0.2) is 18.4 Å². The Hall–Kier alpha value is -1.51. The molecular weight excluding hydrogens is 295 g/mol. The minimum Gasteiger partial charge on any atom is -0.467 e. The predicted octanol–water partition coefficient (Wildman–Crippen LogP) is 4.39. The summed E-state index contributed by atoms with van der Waals surface area (Å²) in [6.07, 6.45) is 0. The van der Waals surface area contributed by atoms with Crippen molar-refractivity contribution in [3.63, 3.8) is 0 Å². The Morgan fingerprint density at radius 3 is 1.85 bits per heavy atom. The third kappa shape index (κ3) is 2.97. The van der Waals surface area contributed by atoms with Gasteiger partial charge in [-0.2, -0.15) is 0 Å². The summed E-state index contributed by atoms with van der Waals surface area (Å²) in [6.45, 7) is 0.932. The standard InChI is InChI=1S/C15H12O2.CH2Cl2/c16-10-17-9-15-13-7-3-1-5-11(13)12-6-2-4-8-14(12)15;2-1-3/h1-8,10,15H,9H2;1H2. The van der Waals surface area contributed by atoms with E-state index in [0.717, 1.165) is 0 Å². The summed E-state index contributed by atoms with van der Waals surface area (Å²) < 4.78 is 4.95. The largest absolute Gasteiger partial charge is 0.467 e. The maximum atomic E-state index is 10.4. The van der Waals surface area contributed by atoms with Gasteiger partial charge in [0.25, 0.3) is 6.47 Å². The van der Waals surface area contributed by atoms with Gasteiger partial charge in [-0.05, 0) is 22.3 Å². The molecule has 2 aromatic rings. The summed E-state index contributed by atoms with van der Waals surface area (Å²) in [5.74, 6) is 0.174. The first-order chi connectivity index (χ1) is 9.83. The van der Waals surface area contributed by atoms with Gasteiger partial charge in [0.1, 0.15) is 6.61 Å². The van der Waals surface area contributed by atoms with Crippen molar-refractivity contribution < 1.29 is 9.53 Å².